The highest BCUT2D eigenvalue weighted by molar-refractivity contribution is 6.33. The zero-order chi connectivity index (χ0) is 19.3. The van der Waals surface area contributed by atoms with E-state index in [1.165, 1.54) is 44.9 Å². The molecule has 5 heteroatoms. The van der Waals surface area contributed by atoms with Gasteiger partial charge in [-0.3, -0.25) is 4.79 Å². The number of hydrogen-bond acceptors (Lipinski definition) is 3. The van der Waals surface area contributed by atoms with E-state index < -0.39 is 0 Å². The molecule has 0 spiro atoms. The molecule has 168 valence electrons. The number of hydrogen-bond donors (Lipinski definition) is 3. The Kier molecular flexibility index (Phi) is 16.0. The molecule has 0 aromatic heterocycles. The topological polar surface area (TPSA) is 61.4 Å². The number of rotatable bonds is 10. The van der Waals surface area contributed by atoms with Crippen LogP contribution in [-0.4, -0.2) is 37.3 Å². The summed E-state index contributed by atoms with van der Waals surface area (Å²) in [5.41, 5.74) is 1.73. The number of amides is 1. The first kappa shape index (κ1) is 27.9. The van der Waals surface area contributed by atoms with Crippen LogP contribution in [0.1, 0.15) is 88.6 Å². The maximum atomic E-state index is 12.6. The SMILES string of the molecule is C.C.O=C(NCC1CCCCCCC1)c1cc(CCCNCCCO)ccc1Cl. The number of aliphatic hydroxyl groups is 1. The van der Waals surface area contributed by atoms with Gasteiger partial charge in [0.15, 0.2) is 0 Å². The molecule has 0 aliphatic heterocycles. The Hall–Kier alpha value is -1.10. The van der Waals surface area contributed by atoms with Crippen molar-refractivity contribution in [3.63, 3.8) is 0 Å². The zero-order valence-electron chi connectivity index (χ0n) is 16.4. The molecule has 1 aromatic rings. The summed E-state index contributed by atoms with van der Waals surface area (Å²) in [5, 5.41) is 15.7. The molecule has 4 nitrogen and oxygen atoms in total. The Bertz CT molecular complexity index is 558. The maximum Gasteiger partial charge on any atom is 0.252 e. The van der Waals surface area contributed by atoms with Crippen molar-refractivity contribution in [2.24, 2.45) is 5.92 Å². The van der Waals surface area contributed by atoms with Gasteiger partial charge < -0.3 is 15.7 Å². The van der Waals surface area contributed by atoms with Crippen molar-refractivity contribution in [2.45, 2.75) is 79.1 Å². The molecule has 2 rings (SSSR count). The average Bonchev–Trinajstić information content (AvgIpc) is 2.64. The molecule has 1 amide bonds. The number of nitrogens with one attached hydrogen (secondary N) is 2. The maximum absolute atomic E-state index is 12.6. The van der Waals surface area contributed by atoms with Crippen LogP contribution in [0.25, 0.3) is 0 Å². The number of aliphatic hydroxyl groups excluding tert-OH is 1. The highest BCUT2D eigenvalue weighted by atomic mass is 35.5. The lowest BCUT2D eigenvalue weighted by Crippen LogP contribution is -2.30. The van der Waals surface area contributed by atoms with Gasteiger partial charge in [0.1, 0.15) is 0 Å². The third-order valence-corrected chi connectivity index (χ3v) is 5.71. The Labute approximate surface area is 183 Å². The molecule has 0 atom stereocenters. The van der Waals surface area contributed by atoms with Gasteiger partial charge in [0.05, 0.1) is 10.6 Å². The Morgan fingerprint density at radius 1 is 1.03 bits per heavy atom. The molecule has 1 saturated carbocycles. The Balaban J connectivity index is 0.00000392. The predicted octanol–water partition coefficient (Wildman–Crippen LogP) is 5.61. The Morgan fingerprint density at radius 2 is 1.69 bits per heavy atom. The second-order valence-electron chi connectivity index (χ2n) is 7.67. The average molecular weight is 427 g/mol. The van der Waals surface area contributed by atoms with Crippen LogP contribution >= 0.6 is 11.6 Å². The summed E-state index contributed by atoms with van der Waals surface area (Å²) in [7, 11) is 0. The first-order valence-corrected chi connectivity index (χ1v) is 11.0. The molecule has 0 unspecified atom stereocenters. The van der Waals surface area contributed by atoms with E-state index in [9.17, 15) is 4.79 Å². The standard InChI is InChI=1S/C22H35ClN2O2.2CH4/c23-21-12-11-18(10-6-13-24-14-7-15-26)16-20(21)22(27)25-17-19-8-4-2-1-3-5-9-19;;/h11-12,16,19,24,26H,1-10,13-15,17H2,(H,25,27);2*1H4. The fourth-order valence-corrected chi connectivity index (χ4v) is 3.93. The van der Waals surface area contributed by atoms with Crippen molar-refractivity contribution in [1.29, 1.82) is 0 Å². The van der Waals surface area contributed by atoms with Crippen LogP contribution in [0.4, 0.5) is 0 Å². The number of benzene rings is 1. The molecule has 1 fully saturated rings. The summed E-state index contributed by atoms with van der Waals surface area (Å²) in [6.07, 6.45) is 11.7. The van der Waals surface area contributed by atoms with Gasteiger partial charge in [-0.05, 0) is 68.8 Å². The van der Waals surface area contributed by atoms with Crippen molar-refractivity contribution in [3.05, 3.63) is 34.3 Å². The van der Waals surface area contributed by atoms with Gasteiger partial charge in [0.2, 0.25) is 0 Å². The summed E-state index contributed by atoms with van der Waals surface area (Å²) in [6, 6.07) is 5.77. The third-order valence-electron chi connectivity index (χ3n) is 5.38. The second kappa shape index (κ2) is 16.7. The lowest BCUT2D eigenvalue weighted by atomic mass is 9.91. The van der Waals surface area contributed by atoms with Gasteiger partial charge >= 0.3 is 0 Å². The Morgan fingerprint density at radius 3 is 2.38 bits per heavy atom. The van der Waals surface area contributed by atoms with Gasteiger partial charge in [0.25, 0.3) is 5.91 Å². The van der Waals surface area contributed by atoms with E-state index in [1.807, 2.05) is 18.2 Å². The minimum atomic E-state index is -0.0509. The molecule has 1 aliphatic rings. The minimum absolute atomic E-state index is 0. The minimum Gasteiger partial charge on any atom is -0.396 e. The molecule has 3 N–H and O–H groups in total. The van der Waals surface area contributed by atoms with Crippen LogP contribution < -0.4 is 10.6 Å². The quantitative estimate of drug-likeness (QED) is 0.426. The van der Waals surface area contributed by atoms with E-state index in [0.717, 1.165) is 44.5 Å². The van der Waals surface area contributed by atoms with Crippen LogP contribution in [-0.2, 0) is 6.42 Å². The van der Waals surface area contributed by atoms with Gasteiger partial charge in [0, 0.05) is 13.2 Å². The van der Waals surface area contributed by atoms with Crippen LogP contribution in [0, 0.1) is 5.92 Å². The van der Waals surface area contributed by atoms with Gasteiger partial charge in [-0.15, -0.1) is 0 Å². The summed E-state index contributed by atoms with van der Waals surface area (Å²) >= 11 is 6.28. The highest BCUT2D eigenvalue weighted by Gasteiger charge is 2.15. The first-order chi connectivity index (χ1) is 13.2. The molecular formula is C24H43ClN2O2. The third kappa shape index (κ3) is 11.0. The summed E-state index contributed by atoms with van der Waals surface area (Å²) in [4.78, 5) is 12.6. The van der Waals surface area contributed by atoms with Gasteiger partial charge in [-0.2, -0.15) is 0 Å². The number of carbonyl (C=O) groups excluding carboxylic acids is 1. The summed E-state index contributed by atoms with van der Waals surface area (Å²) < 4.78 is 0. The molecule has 1 aromatic carbocycles. The molecule has 0 radical (unpaired) electrons. The number of halogens is 1. The van der Waals surface area contributed by atoms with Crippen LogP contribution in [0.2, 0.25) is 5.02 Å². The first-order valence-electron chi connectivity index (χ1n) is 10.6. The van der Waals surface area contributed by atoms with E-state index >= 15 is 0 Å². The molecule has 0 saturated heterocycles. The lowest BCUT2D eigenvalue weighted by molar-refractivity contribution is 0.0944. The molecule has 1 aliphatic carbocycles. The fourth-order valence-electron chi connectivity index (χ4n) is 3.73. The largest absolute Gasteiger partial charge is 0.396 e. The molecule has 29 heavy (non-hydrogen) atoms. The van der Waals surface area contributed by atoms with E-state index in [4.69, 9.17) is 16.7 Å². The van der Waals surface area contributed by atoms with E-state index in [1.54, 1.807) is 0 Å². The van der Waals surface area contributed by atoms with E-state index in [0.29, 0.717) is 16.5 Å². The van der Waals surface area contributed by atoms with E-state index in [2.05, 4.69) is 10.6 Å². The molecule has 0 heterocycles. The molecular weight excluding hydrogens is 384 g/mol. The van der Waals surface area contributed by atoms with Crippen LogP contribution in [0.3, 0.4) is 0 Å². The monoisotopic (exact) mass is 426 g/mol. The second-order valence-corrected chi connectivity index (χ2v) is 8.07. The zero-order valence-corrected chi connectivity index (χ0v) is 17.2. The van der Waals surface area contributed by atoms with Crippen molar-refractivity contribution < 1.29 is 9.90 Å². The normalized spacial score (nSPS) is 14.8. The predicted molar refractivity (Wildman–Crippen MR) is 126 cm³/mol. The highest BCUT2D eigenvalue weighted by Crippen LogP contribution is 2.22. The fraction of sp³-hybridized carbons (Fsp3) is 0.708. The summed E-state index contributed by atoms with van der Waals surface area (Å²) in [5.74, 6) is 0.547. The van der Waals surface area contributed by atoms with Crippen LogP contribution in [0.15, 0.2) is 18.2 Å². The number of carbonyl (C=O) groups is 1. The van der Waals surface area contributed by atoms with Crippen molar-refractivity contribution in [1.82, 2.24) is 10.6 Å². The van der Waals surface area contributed by atoms with Gasteiger partial charge in [-0.1, -0.05) is 64.6 Å². The van der Waals surface area contributed by atoms with Crippen molar-refractivity contribution in [2.75, 3.05) is 26.2 Å². The molecule has 0 bridgehead atoms. The van der Waals surface area contributed by atoms with Gasteiger partial charge in [-0.25, -0.2) is 0 Å². The van der Waals surface area contributed by atoms with Crippen molar-refractivity contribution in [3.8, 4) is 0 Å². The summed E-state index contributed by atoms with van der Waals surface area (Å²) in [6.45, 7) is 2.73. The van der Waals surface area contributed by atoms with E-state index in [-0.39, 0.29) is 27.4 Å². The van der Waals surface area contributed by atoms with Crippen LogP contribution in [0.5, 0.6) is 0 Å². The van der Waals surface area contributed by atoms with Crippen molar-refractivity contribution >= 4 is 17.5 Å². The number of aryl methyl sites for hydroxylation is 1. The smallest absolute Gasteiger partial charge is 0.252 e. The lowest BCUT2D eigenvalue weighted by Gasteiger charge is -2.20.